The third-order valence-electron chi connectivity index (χ3n) is 5.29. The minimum absolute atomic E-state index is 0.0573. The molecule has 0 aliphatic carbocycles. The van der Waals surface area contributed by atoms with Gasteiger partial charge in [-0.25, -0.2) is 4.39 Å². The van der Waals surface area contributed by atoms with Crippen molar-refractivity contribution in [2.24, 2.45) is 5.92 Å². The summed E-state index contributed by atoms with van der Waals surface area (Å²) in [5.41, 5.74) is 2.04. The third-order valence-corrected chi connectivity index (χ3v) is 5.29. The molecule has 2 N–H and O–H groups in total. The second kappa shape index (κ2) is 7.07. The van der Waals surface area contributed by atoms with Crippen molar-refractivity contribution in [1.82, 2.24) is 4.90 Å². The molecule has 0 aromatic heterocycles. The second-order valence-electron chi connectivity index (χ2n) is 7.28. The first-order valence-corrected chi connectivity index (χ1v) is 9.23. The van der Waals surface area contributed by atoms with E-state index in [0.717, 1.165) is 11.1 Å². The van der Waals surface area contributed by atoms with E-state index in [1.807, 2.05) is 37.3 Å². The highest BCUT2D eigenvalue weighted by Gasteiger charge is 2.42. The topological polar surface area (TPSA) is 78.5 Å². The monoisotopic (exact) mass is 381 g/mol. The van der Waals surface area contributed by atoms with E-state index in [1.54, 1.807) is 0 Å². The molecule has 1 fully saturated rings. The highest BCUT2D eigenvalue weighted by atomic mass is 19.1. The Morgan fingerprint density at radius 1 is 1.18 bits per heavy atom. The lowest BCUT2D eigenvalue weighted by molar-refractivity contribution is -0.152. The normalized spacial score (nSPS) is 20.6. The number of carbonyl (C=O) groups excluding carboxylic acids is 3. The first-order chi connectivity index (χ1) is 13.4. The van der Waals surface area contributed by atoms with E-state index >= 15 is 0 Å². The fraction of sp³-hybridized carbons (Fsp3) is 0.286. The molecule has 0 radical (unpaired) electrons. The van der Waals surface area contributed by atoms with Crippen LogP contribution in [0.3, 0.4) is 0 Å². The minimum atomic E-state index is -0.869. The van der Waals surface area contributed by atoms with Crippen LogP contribution in [-0.4, -0.2) is 29.2 Å². The first kappa shape index (κ1) is 18.2. The van der Waals surface area contributed by atoms with E-state index < -0.39 is 17.6 Å². The van der Waals surface area contributed by atoms with Crippen molar-refractivity contribution in [3.8, 4) is 0 Å². The molecule has 4 rings (SSSR count). The van der Waals surface area contributed by atoms with Gasteiger partial charge in [0.2, 0.25) is 5.91 Å². The lowest BCUT2D eigenvalue weighted by atomic mass is 9.84. The van der Waals surface area contributed by atoms with Crippen LogP contribution in [0.4, 0.5) is 15.8 Å². The number of nitrogens with one attached hydrogen (secondary N) is 2. The van der Waals surface area contributed by atoms with Crippen molar-refractivity contribution in [2.75, 3.05) is 17.2 Å². The second-order valence-corrected chi connectivity index (χ2v) is 7.28. The molecule has 7 heteroatoms. The predicted octanol–water partition coefficient (Wildman–Crippen LogP) is 2.87. The maximum absolute atomic E-state index is 14.3. The van der Waals surface area contributed by atoms with Crippen LogP contribution in [0.15, 0.2) is 42.5 Å². The van der Waals surface area contributed by atoms with Gasteiger partial charge in [0.25, 0.3) is 0 Å². The number of benzene rings is 2. The van der Waals surface area contributed by atoms with Gasteiger partial charge in [-0.2, -0.15) is 0 Å². The number of likely N-dealkylation sites (tertiary alicyclic amines) is 1. The molecule has 0 unspecified atom stereocenters. The number of anilines is 2. The molecule has 0 saturated carbocycles. The standard InChI is InChI=1S/C21H20FN3O3/c1-12-11-25(19(12)13-5-3-2-4-6-13)21(28)20(27)24-17-9-14-7-8-18(26)23-16(14)10-15(17)22/h2-6,9-10,12,19H,7-8,11H2,1H3,(H,23,26)(H,24,27)/t12-,19-/m0/s1. The quantitative estimate of drug-likeness (QED) is 0.785. The van der Waals surface area contributed by atoms with Gasteiger partial charge in [0.1, 0.15) is 5.82 Å². The summed E-state index contributed by atoms with van der Waals surface area (Å²) in [5.74, 6) is -2.18. The molecule has 0 spiro atoms. The zero-order chi connectivity index (χ0) is 19.8. The van der Waals surface area contributed by atoms with Crippen LogP contribution >= 0.6 is 0 Å². The summed E-state index contributed by atoms with van der Waals surface area (Å²) < 4.78 is 14.3. The van der Waals surface area contributed by atoms with Crippen molar-refractivity contribution >= 4 is 29.1 Å². The van der Waals surface area contributed by atoms with Crippen LogP contribution in [0.5, 0.6) is 0 Å². The molecule has 2 aromatic rings. The van der Waals surface area contributed by atoms with Crippen LogP contribution in [0.25, 0.3) is 0 Å². The molecule has 1 saturated heterocycles. The molecule has 2 atom stereocenters. The number of hydrogen-bond donors (Lipinski definition) is 2. The highest BCUT2D eigenvalue weighted by Crippen LogP contribution is 2.38. The molecular weight excluding hydrogens is 361 g/mol. The van der Waals surface area contributed by atoms with Gasteiger partial charge in [-0.1, -0.05) is 37.3 Å². The molecule has 6 nitrogen and oxygen atoms in total. The summed E-state index contributed by atoms with van der Waals surface area (Å²) in [6.07, 6.45) is 0.757. The van der Waals surface area contributed by atoms with Crippen LogP contribution in [0, 0.1) is 11.7 Å². The van der Waals surface area contributed by atoms with Crippen molar-refractivity contribution in [3.63, 3.8) is 0 Å². The number of fused-ring (bicyclic) bond motifs is 1. The number of aryl methyl sites for hydroxylation is 1. The Labute approximate surface area is 161 Å². The number of carbonyl (C=O) groups is 3. The van der Waals surface area contributed by atoms with Gasteiger partial charge in [0, 0.05) is 18.7 Å². The number of rotatable bonds is 2. The zero-order valence-electron chi connectivity index (χ0n) is 15.4. The van der Waals surface area contributed by atoms with E-state index in [1.165, 1.54) is 17.0 Å². The summed E-state index contributed by atoms with van der Waals surface area (Å²) in [7, 11) is 0. The minimum Gasteiger partial charge on any atom is -0.327 e. The van der Waals surface area contributed by atoms with Crippen molar-refractivity contribution in [1.29, 1.82) is 0 Å². The molecule has 144 valence electrons. The van der Waals surface area contributed by atoms with Gasteiger partial charge < -0.3 is 15.5 Å². The van der Waals surface area contributed by atoms with Crippen LogP contribution in [0.2, 0.25) is 0 Å². The Balaban J connectivity index is 1.50. The number of amides is 3. The average molecular weight is 381 g/mol. The van der Waals surface area contributed by atoms with Crippen molar-refractivity contribution < 1.29 is 18.8 Å². The van der Waals surface area contributed by atoms with Gasteiger partial charge >= 0.3 is 11.8 Å². The van der Waals surface area contributed by atoms with Gasteiger partial charge in [-0.3, -0.25) is 14.4 Å². The Morgan fingerprint density at radius 2 is 1.93 bits per heavy atom. The fourth-order valence-corrected chi connectivity index (χ4v) is 3.87. The van der Waals surface area contributed by atoms with E-state index in [2.05, 4.69) is 10.6 Å². The van der Waals surface area contributed by atoms with Crippen molar-refractivity contribution in [2.45, 2.75) is 25.8 Å². The molecule has 0 bridgehead atoms. The van der Waals surface area contributed by atoms with E-state index in [9.17, 15) is 18.8 Å². The molecule has 3 amide bonds. The number of halogens is 1. The molecule has 2 aliphatic heterocycles. The average Bonchev–Trinajstić information content (AvgIpc) is 2.67. The first-order valence-electron chi connectivity index (χ1n) is 9.23. The highest BCUT2D eigenvalue weighted by molar-refractivity contribution is 6.39. The number of hydrogen-bond acceptors (Lipinski definition) is 3. The third kappa shape index (κ3) is 3.24. The Kier molecular flexibility index (Phi) is 4.58. The summed E-state index contributed by atoms with van der Waals surface area (Å²) >= 11 is 0. The smallest absolute Gasteiger partial charge is 0.314 e. The summed E-state index contributed by atoms with van der Waals surface area (Å²) in [6.45, 7) is 2.50. The lowest BCUT2D eigenvalue weighted by Gasteiger charge is -2.46. The molecular formula is C21H20FN3O3. The SMILES string of the molecule is C[C@H]1CN(C(=O)C(=O)Nc2cc3c(cc2F)NC(=O)CC3)[C@@H]1c1ccccc1. The van der Waals surface area contributed by atoms with E-state index in [0.29, 0.717) is 25.1 Å². The molecule has 2 heterocycles. The van der Waals surface area contributed by atoms with E-state index in [4.69, 9.17) is 0 Å². The largest absolute Gasteiger partial charge is 0.327 e. The fourth-order valence-electron chi connectivity index (χ4n) is 3.87. The van der Waals surface area contributed by atoms with Crippen LogP contribution in [0.1, 0.15) is 30.5 Å². The van der Waals surface area contributed by atoms with E-state index in [-0.39, 0.29) is 23.6 Å². The summed E-state index contributed by atoms with van der Waals surface area (Å²) in [6, 6.07) is 12.0. The van der Waals surface area contributed by atoms with Crippen LogP contribution in [-0.2, 0) is 20.8 Å². The van der Waals surface area contributed by atoms with Gasteiger partial charge in [0.15, 0.2) is 0 Å². The summed E-state index contributed by atoms with van der Waals surface area (Å²) in [5, 5.41) is 4.99. The van der Waals surface area contributed by atoms with Crippen LogP contribution < -0.4 is 10.6 Å². The summed E-state index contributed by atoms with van der Waals surface area (Å²) in [4.78, 5) is 38.0. The maximum Gasteiger partial charge on any atom is 0.314 e. The Morgan fingerprint density at radius 3 is 2.64 bits per heavy atom. The van der Waals surface area contributed by atoms with Crippen molar-refractivity contribution in [3.05, 3.63) is 59.4 Å². The van der Waals surface area contributed by atoms with Gasteiger partial charge in [-0.05, 0) is 35.6 Å². The Hall–Kier alpha value is -3.22. The molecule has 2 aliphatic rings. The lowest BCUT2D eigenvalue weighted by Crippen LogP contribution is -2.54. The Bertz CT molecular complexity index is 961. The molecule has 2 aromatic carbocycles. The molecule has 28 heavy (non-hydrogen) atoms. The maximum atomic E-state index is 14.3. The number of nitrogens with zero attached hydrogens (tertiary/aromatic N) is 1. The predicted molar refractivity (Wildman–Crippen MR) is 102 cm³/mol. The van der Waals surface area contributed by atoms with Gasteiger partial charge in [0.05, 0.1) is 11.7 Å². The van der Waals surface area contributed by atoms with Gasteiger partial charge in [-0.15, -0.1) is 0 Å². The zero-order valence-corrected chi connectivity index (χ0v) is 15.4.